The predicted molar refractivity (Wildman–Crippen MR) is 86.0 cm³/mol. The highest BCUT2D eigenvalue weighted by Gasteiger charge is 2.06. The van der Waals surface area contributed by atoms with Crippen molar-refractivity contribution in [3.05, 3.63) is 46.2 Å². The van der Waals surface area contributed by atoms with E-state index in [0.29, 0.717) is 6.54 Å². The SMILES string of the molecule is COc1cccc(Cl)c1CNCCCn1nc(C)cc1C. The second-order valence-electron chi connectivity index (χ2n) is 5.10. The molecule has 0 atom stereocenters. The molecule has 0 amide bonds. The van der Waals surface area contributed by atoms with E-state index in [-0.39, 0.29) is 0 Å². The monoisotopic (exact) mass is 307 g/mol. The van der Waals surface area contributed by atoms with Gasteiger partial charge in [0.25, 0.3) is 0 Å². The molecule has 1 aromatic heterocycles. The first-order valence-electron chi connectivity index (χ1n) is 7.15. The van der Waals surface area contributed by atoms with Crippen molar-refractivity contribution in [3.8, 4) is 5.75 Å². The summed E-state index contributed by atoms with van der Waals surface area (Å²) in [4.78, 5) is 0. The molecule has 0 bridgehead atoms. The minimum Gasteiger partial charge on any atom is -0.496 e. The molecule has 21 heavy (non-hydrogen) atoms. The van der Waals surface area contributed by atoms with Gasteiger partial charge in [-0.3, -0.25) is 4.68 Å². The van der Waals surface area contributed by atoms with Crippen LogP contribution in [0, 0.1) is 13.8 Å². The Balaban J connectivity index is 1.79. The predicted octanol–water partition coefficient (Wildman–Crippen LogP) is 3.34. The maximum absolute atomic E-state index is 6.21. The van der Waals surface area contributed by atoms with Crippen LogP contribution in [0.15, 0.2) is 24.3 Å². The van der Waals surface area contributed by atoms with Crippen LogP contribution in [0.2, 0.25) is 5.02 Å². The molecule has 1 aromatic carbocycles. The summed E-state index contributed by atoms with van der Waals surface area (Å²) < 4.78 is 7.38. The Labute approximate surface area is 131 Å². The summed E-state index contributed by atoms with van der Waals surface area (Å²) in [6, 6.07) is 7.81. The summed E-state index contributed by atoms with van der Waals surface area (Å²) in [5, 5.41) is 8.60. The molecule has 0 aliphatic carbocycles. The van der Waals surface area contributed by atoms with Gasteiger partial charge in [0.05, 0.1) is 12.8 Å². The van der Waals surface area contributed by atoms with Crippen molar-refractivity contribution in [2.24, 2.45) is 0 Å². The molecule has 4 nitrogen and oxygen atoms in total. The normalized spacial score (nSPS) is 10.9. The Morgan fingerprint density at radius 3 is 2.81 bits per heavy atom. The first kappa shape index (κ1) is 15.9. The van der Waals surface area contributed by atoms with Gasteiger partial charge in [0.2, 0.25) is 0 Å². The molecule has 114 valence electrons. The number of methoxy groups -OCH3 is 1. The molecule has 0 aliphatic heterocycles. The van der Waals surface area contributed by atoms with Gasteiger partial charge in [-0.2, -0.15) is 5.10 Å². The summed E-state index contributed by atoms with van der Waals surface area (Å²) in [6.45, 7) is 6.65. The summed E-state index contributed by atoms with van der Waals surface area (Å²) >= 11 is 6.21. The van der Waals surface area contributed by atoms with Crippen molar-refractivity contribution >= 4 is 11.6 Å². The fourth-order valence-electron chi connectivity index (χ4n) is 2.37. The van der Waals surface area contributed by atoms with Crippen molar-refractivity contribution in [1.82, 2.24) is 15.1 Å². The van der Waals surface area contributed by atoms with Crippen LogP contribution in [0.25, 0.3) is 0 Å². The number of aryl methyl sites for hydroxylation is 3. The fraction of sp³-hybridized carbons (Fsp3) is 0.438. The minimum absolute atomic E-state index is 0.708. The van der Waals surface area contributed by atoms with E-state index in [1.165, 1.54) is 5.69 Å². The second-order valence-corrected chi connectivity index (χ2v) is 5.51. The van der Waals surface area contributed by atoms with E-state index in [4.69, 9.17) is 16.3 Å². The van der Waals surface area contributed by atoms with Gasteiger partial charge in [-0.1, -0.05) is 17.7 Å². The van der Waals surface area contributed by atoms with E-state index in [0.717, 1.165) is 41.5 Å². The van der Waals surface area contributed by atoms with Crippen LogP contribution in [0.5, 0.6) is 5.75 Å². The maximum atomic E-state index is 6.21. The van der Waals surface area contributed by atoms with E-state index in [9.17, 15) is 0 Å². The Morgan fingerprint density at radius 1 is 1.33 bits per heavy atom. The van der Waals surface area contributed by atoms with Crippen LogP contribution in [-0.2, 0) is 13.1 Å². The van der Waals surface area contributed by atoms with E-state index < -0.39 is 0 Å². The highest BCUT2D eigenvalue weighted by Crippen LogP contribution is 2.25. The first-order chi connectivity index (χ1) is 10.1. The molecular formula is C16H22ClN3O. The zero-order valence-electron chi connectivity index (χ0n) is 12.8. The lowest BCUT2D eigenvalue weighted by Crippen LogP contribution is -2.18. The smallest absolute Gasteiger partial charge is 0.124 e. The number of ether oxygens (including phenoxy) is 1. The Bertz CT molecular complexity index is 595. The lowest BCUT2D eigenvalue weighted by atomic mass is 10.2. The molecule has 2 aromatic rings. The molecule has 0 fully saturated rings. The maximum Gasteiger partial charge on any atom is 0.124 e. The van der Waals surface area contributed by atoms with Crippen LogP contribution < -0.4 is 10.1 Å². The molecule has 5 heteroatoms. The quantitative estimate of drug-likeness (QED) is 0.797. The third-order valence-corrected chi connectivity index (χ3v) is 3.78. The first-order valence-corrected chi connectivity index (χ1v) is 7.52. The Hall–Kier alpha value is -1.52. The third kappa shape index (κ3) is 4.22. The van der Waals surface area contributed by atoms with Gasteiger partial charge >= 0.3 is 0 Å². The molecule has 0 unspecified atom stereocenters. The van der Waals surface area contributed by atoms with Gasteiger partial charge in [-0.15, -0.1) is 0 Å². The summed E-state index contributed by atoms with van der Waals surface area (Å²) in [5.74, 6) is 0.827. The van der Waals surface area contributed by atoms with Crippen molar-refractivity contribution in [2.45, 2.75) is 33.4 Å². The van der Waals surface area contributed by atoms with Crippen LogP contribution >= 0.6 is 11.6 Å². The number of halogens is 1. The van der Waals surface area contributed by atoms with Crippen LogP contribution in [-0.4, -0.2) is 23.4 Å². The van der Waals surface area contributed by atoms with E-state index in [2.05, 4.69) is 23.4 Å². The number of benzene rings is 1. The van der Waals surface area contributed by atoms with E-state index >= 15 is 0 Å². The van der Waals surface area contributed by atoms with Gasteiger partial charge in [0.15, 0.2) is 0 Å². The molecule has 0 aliphatic rings. The summed E-state index contributed by atoms with van der Waals surface area (Å²) in [7, 11) is 1.66. The van der Waals surface area contributed by atoms with Gasteiger partial charge in [-0.25, -0.2) is 0 Å². The van der Waals surface area contributed by atoms with Crippen molar-refractivity contribution in [1.29, 1.82) is 0 Å². The van der Waals surface area contributed by atoms with Crippen LogP contribution in [0.1, 0.15) is 23.4 Å². The van der Waals surface area contributed by atoms with Crippen LogP contribution in [0.3, 0.4) is 0 Å². The summed E-state index contributed by atoms with van der Waals surface area (Å²) in [6.07, 6.45) is 1.02. The number of rotatable bonds is 7. The lowest BCUT2D eigenvalue weighted by Gasteiger charge is -2.11. The van der Waals surface area contributed by atoms with E-state index in [1.54, 1.807) is 7.11 Å². The second kappa shape index (κ2) is 7.48. The molecule has 0 saturated heterocycles. The average molecular weight is 308 g/mol. The molecule has 0 saturated carbocycles. The molecule has 0 spiro atoms. The molecule has 1 heterocycles. The van der Waals surface area contributed by atoms with Gasteiger partial charge in [0.1, 0.15) is 5.75 Å². The number of nitrogens with one attached hydrogen (secondary N) is 1. The number of nitrogens with zero attached hydrogens (tertiary/aromatic N) is 2. The zero-order valence-corrected chi connectivity index (χ0v) is 13.6. The largest absolute Gasteiger partial charge is 0.496 e. The van der Waals surface area contributed by atoms with E-state index in [1.807, 2.05) is 29.8 Å². The van der Waals surface area contributed by atoms with Gasteiger partial charge < -0.3 is 10.1 Å². The molecule has 0 radical (unpaired) electrons. The standard InChI is InChI=1S/C16H22ClN3O/c1-12-10-13(2)20(19-12)9-5-8-18-11-14-15(17)6-4-7-16(14)21-3/h4,6-7,10,18H,5,8-9,11H2,1-3H3. The average Bonchev–Trinajstić information content (AvgIpc) is 2.78. The topological polar surface area (TPSA) is 39.1 Å². The molecule has 1 N–H and O–H groups in total. The lowest BCUT2D eigenvalue weighted by molar-refractivity contribution is 0.407. The van der Waals surface area contributed by atoms with Gasteiger partial charge in [-0.05, 0) is 45.0 Å². The minimum atomic E-state index is 0.708. The van der Waals surface area contributed by atoms with Crippen LogP contribution in [0.4, 0.5) is 0 Å². The Kier molecular flexibility index (Phi) is 5.65. The van der Waals surface area contributed by atoms with Gasteiger partial charge in [0, 0.05) is 29.4 Å². The highest BCUT2D eigenvalue weighted by molar-refractivity contribution is 6.31. The summed E-state index contributed by atoms with van der Waals surface area (Å²) in [5.41, 5.74) is 3.29. The number of aromatic nitrogens is 2. The van der Waals surface area contributed by atoms with Crippen molar-refractivity contribution < 1.29 is 4.74 Å². The Morgan fingerprint density at radius 2 is 2.14 bits per heavy atom. The fourth-order valence-corrected chi connectivity index (χ4v) is 2.60. The zero-order chi connectivity index (χ0) is 15.2. The number of hydrogen-bond acceptors (Lipinski definition) is 3. The number of hydrogen-bond donors (Lipinski definition) is 1. The van der Waals surface area contributed by atoms with Crippen molar-refractivity contribution in [2.75, 3.05) is 13.7 Å². The molecule has 2 rings (SSSR count). The van der Waals surface area contributed by atoms with Crippen molar-refractivity contribution in [3.63, 3.8) is 0 Å². The highest BCUT2D eigenvalue weighted by atomic mass is 35.5. The third-order valence-electron chi connectivity index (χ3n) is 3.42. The molecular weight excluding hydrogens is 286 g/mol.